The molecule has 8 nitrogen and oxygen atoms in total. The number of nitrogens with one attached hydrogen (secondary N) is 1. The number of rotatable bonds is 5. The molecular weight excluding hydrogens is 358 g/mol. The number of hydrogen-bond donors (Lipinski definition) is 1. The van der Waals surface area contributed by atoms with E-state index in [4.69, 9.17) is 4.74 Å². The van der Waals surface area contributed by atoms with E-state index in [9.17, 15) is 9.59 Å². The number of carbonyl (C=O) groups is 2. The summed E-state index contributed by atoms with van der Waals surface area (Å²) in [7, 11) is 0. The molecule has 0 aliphatic carbocycles. The van der Waals surface area contributed by atoms with Crippen LogP contribution in [-0.4, -0.2) is 39.2 Å². The average Bonchev–Trinajstić information content (AvgIpc) is 3.13. The minimum absolute atomic E-state index is 0.0981. The van der Waals surface area contributed by atoms with Crippen LogP contribution in [0, 0.1) is 0 Å². The summed E-state index contributed by atoms with van der Waals surface area (Å²) < 4.78 is 7.32. The van der Waals surface area contributed by atoms with Crippen molar-refractivity contribution in [2.45, 2.75) is 19.6 Å². The van der Waals surface area contributed by atoms with Crippen molar-refractivity contribution in [1.82, 2.24) is 14.8 Å². The SMILES string of the molecule is CC1Oc2ccccc2N(CC(=O)Nc2cnn(Cc3ccncc3)c2)C1=O. The van der Waals surface area contributed by atoms with Gasteiger partial charge in [-0.2, -0.15) is 5.10 Å². The van der Waals surface area contributed by atoms with Crippen LogP contribution >= 0.6 is 0 Å². The molecule has 4 rings (SSSR count). The van der Waals surface area contributed by atoms with E-state index in [1.807, 2.05) is 18.2 Å². The summed E-state index contributed by atoms with van der Waals surface area (Å²) >= 11 is 0. The molecule has 0 saturated carbocycles. The Labute approximate surface area is 161 Å². The van der Waals surface area contributed by atoms with Crippen LogP contribution in [-0.2, 0) is 16.1 Å². The molecule has 2 aromatic heterocycles. The zero-order valence-electron chi connectivity index (χ0n) is 15.3. The average molecular weight is 377 g/mol. The first-order valence-electron chi connectivity index (χ1n) is 8.88. The van der Waals surface area contributed by atoms with Crippen LogP contribution in [0.2, 0.25) is 0 Å². The molecule has 3 heterocycles. The van der Waals surface area contributed by atoms with E-state index in [1.165, 1.54) is 4.90 Å². The molecule has 0 fully saturated rings. The van der Waals surface area contributed by atoms with Gasteiger partial charge < -0.3 is 10.1 Å². The van der Waals surface area contributed by atoms with Gasteiger partial charge in [-0.05, 0) is 36.8 Å². The van der Waals surface area contributed by atoms with Gasteiger partial charge in [0.1, 0.15) is 12.3 Å². The minimum Gasteiger partial charge on any atom is -0.479 e. The highest BCUT2D eigenvalue weighted by Gasteiger charge is 2.32. The first kappa shape index (κ1) is 17.7. The van der Waals surface area contributed by atoms with E-state index < -0.39 is 6.10 Å². The number of anilines is 2. The first-order chi connectivity index (χ1) is 13.6. The molecule has 8 heteroatoms. The number of nitrogens with zero attached hydrogens (tertiary/aromatic N) is 4. The summed E-state index contributed by atoms with van der Waals surface area (Å²) in [6.45, 7) is 2.15. The molecule has 2 amide bonds. The van der Waals surface area contributed by atoms with E-state index >= 15 is 0 Å². The van der Waals surface area contributed by atoms with Crippen LogP contribution in [0.15, 0.2) is 61.2 Å². The lowest BCUT2D eigenvalue weighted by Crippen LogP contribution is -2.47. The minimum atomic E-state index is -0.634. The van der Waals surface area contributed by atoms with Crippen LogP contribution in [0.4, 0.5) is 11.4 Å². The fourth-order valence-corrected chi connectivity index (χ4v) is 3.06. The highest BCUT2D eigenvalue weighted by Crippen LogP contribution is 2.33. The van der Waals surface area contributed by atoms with E-state index in [-0.39, 0.29) is 18.4 Å². The van der Waals surface area contributed by atoms with Gasteiger partial charge in [-0.25, -0.2) is 0 Å². The fraction of sp³-hybridized carbons (Fsp3) is 0.200. The Kier molecular flexibility index (Phi) is 4.76. The molecular formula is C20H19N5O3. The number of pyridine rings is 1. The van der Waals surface area contributed by atoms with Gasteiger partial charge in [-0.1, -0.05) is 12.1 Å². The van der Waals surface area contributed by atoms with Gasteiger partial charge in [-0.15, -0.1) is 0 Å². The summed E-state index contributed by atoms with van der Waals surface area (Å²) in [6, 6.07) is 11.0. The van der Waals surface area contributed by atoms with Crippen molar-refractivity contribution in [1.29, 1.82) is 0 Å². The lowest BCUT2D eigenvalue weighted by Gasteiger charge is -2.32. The number of ether oxygens (including phenoxy) is 1. The van der Waals surface area contributed by atoms with Crippen LogP contribution in [0.25, 0.3) is 0 Å². The number of fused-ring (bicyclic) bond motifs is 1. The second-order valence-electron chi connectivity index (χ2n) is 6.48. The van der Waals surface area contributed by atoms with Gasteiger partial charge >= 0.3 is 0 Å². The van der Waals surface area contributed by atoms with Crippen LogP contribution < -0.4 is 15.0 Å². The Hall–Kier alpha value is -3.68. The Bertz CT molecular complexity index is 1000. The highest BCUT2D eigenvalue weighted by molar-refractivity contribution is 6.06. The molecule has 0 radical (unpaired) electrons. The summed E-state index contributed by atoms with van der Waals surface area (Å²) in [5, 5.41) is 7.05. The monoisotopic (exact) mass is 377 g/mol. The number of aromatic nitrogens is 3. The van der Waals surface area contributed by atoms with Crippen LogP contribution in [0.3, 0.4) is 0 Å². The number of para-hydroxylation sites is 2. The van der Waals surface area contributed by atoms with Crippen molar-refractivity contribution in [3.63, 3.8) is 0 Å². The third-order valence-corrected chi connectivity index (χ3v) is 4.39. The van der Waals surface area contributed by atoms with E-state index in [2.05, 4.69) is 15.4 Å². The van der Waals surface area contributed by atoms with Crippen molar-refractivity contribution in [3.8, 4) is 5.75 Å². The van der Waals surface area contributed by atoms with Crippen molar-refractivity contribution in [3.05, 3.63) is 66.7 Å². The molecule has 1 aliphatic heterocycles. The molecule has 1 N–H and O–H groups in total. The zero-order valence-corrected chi connectivity index (χ0v) is 15.3. The Morgan fingerprint density at radius 1 is 1.21 bits per heavy atom. The predicted octanol–water partition coefficient (Wildman–Crippen LogP) is 2.08. The van der Waals surface area contributed by atoms with Gasteiger partial charge in [0, 0.05) is 18.6 Å². The Morgan fingerprint density at radius 2 is 2.00 bits per heavy atom. The number of benzene rings is 1. The van der Waals surface area contributed by atoms with Gasteiger partial charge in [-0.3, -0.25) is 24.2 Å². The lowest BCUT2D eigenvalue weighted by atomic mass is 10.2. The maximum atomic E-state index is 12.5. The van der Waals surface area contributed by atoms with Gasteiger partial charge in [0.2, 0.25) is 5.91 Å². The smallest absolute Gasteiger partial charge is 0.268 e. The van der Waals surface area contributed by atoms with Gasteiger partial charge in [0.05, 0.1) is 24.1 Å². The van der Waals surface area contributed by atoms with E-state index in [0.29, 0.717) is 23.7 Å². The van der Waals surface area contributed by atoms with Crippen molar-refractivity contribution in [2.24, 2.45) is 0 Å². The second-order valence-corrected chi connectivity index (χ2v) is 6.48. The van der Waals surface area contributed by atoms with Crippen molar-refractivity contribution < 1.29 is 14.3 Å². The summed E-state index contributed by atoms with van der Waals surface area (Å²) in [4.78, 5) is 30.4. The normalized spacial score (nSPS) is 15.7. The quantitative estimate of drug-likeness (QED) is 0.735. The maximum Gasteiger partial charge on any atom is 0.268 e. The molecule has 142 valence electrons. The lowest BCUT2D eigenvalue weighted by molar-refractivity contribution is -0.127. The summed E-state index contributed by atoms with van der Waals surface area (Å²) in [5.41, 5.74) is 2.22. The molecule has 28 heavy (non-hydrogen) atoms. The predicted molar refractivity (Wildman–Crippen MR) is 103 cm³/mol. The Morgan fingerprint density at radius 3 is 2.82 bits per heavy atom. The van der Waals surface area contributed by atoms with Crippen molar-refractivity contribution in [2.75, 3.05) is 16.8 Å². The Balaban J connectivity index is 1.43. The molecule has 1 aromatic carbocycles. The standard InChI is InChI=1S/C20H19N5O3/c1-14-20(27)25(17-4-2-3-5-18(17)28-14)13-19(26)23-16-10-22-24(12-16)11-15-6-8-21-9-7-15/h2-10,12,14H,11,13H2,1H3,(H,23,26). The van der Waals surface area contributed by atoms with E-state index in [1.54, 1.807) is 54.6 Å². The summed E-state index contributed by atoms with van der Waals surface area (Å²) in [5.74, 6) is 0.0375. The van der Waals surface area contributed by atoms with Crippen LogP contribution in [0.5, 0.6) is 5.75 Å². The highest BCUT2D eigenvalue weighted by atomic mass is 16.5. The van der Waals surface area contributed by atoms with Gasteiger partial charge in [0.15, 0.2) is 6.10 Å². The first-order valence-corrected chi connectivity index (χ1v) is 8.88. The molecule has 0 spiro atoms. The zero-order chi connectivity index (χ0) is 19.5. The van der Waals surface area contributed by atoms with E-state index in [0.717, 1.165) is 5.56 Å². The number of carbonyl (C=O) groups excluding carboxylic acids is 2. The topological polar surface area (TPSA) is 89.3 Å². The number of amides is 2. The third kappa shape index (κ3) is 3.71. The molecule has 3 aromatic rings. The third-order valence-electron chi connectivity index (χ3n) is 4.39. The molecule has 0 saturated heterocycles. The van der Waals surface area contributed by atoms with Crippen LogP contribution in [0.1, 0.15) is 12.5 Å². The molecule has 1 atom stereocenters. The van der Waals surface area contributed by atoms with Crippen molar-refractivity contribution >= 4 is 23.2 Å². The maximum absolute atomic E-state index is 12.5. The molecule has 0 bridgehead atoms. The fourth-order valence-electron chi connectivity index (χ4n) is 3.06. The summed E-state index contributed by atoms with van der Waals surface area (Å²) in [6.07, 6.45) is 6.14. The second kappa shape index (κ2) is 7.51. The number of hydrogen-bond acceptors (Lipinski definition) is 5. The molecule has 1 unspecified atom stereocenters. The van der Waals surface area contributed by atoms with Gasteiger partial charge in [0.25, 0.3) is 5.91 Å². The largest absolute Gasteiger partial charge is 0.479 e. The molecule has 1 aliphatic rings.